The molecule has 2 aromatic rings. The molecule has 2 rings (SSSR count). The maximum atomic E-state index is 5.60. The lowest BCUT2D eigenvalue weighted by Gasteiger charge is -2.08. The molecule has 0 fully saturated rings. The van der Waals surface area contributed by atoms with Crippen LogP contribution in [0.5, 0.6) is 5.75 Å². The lowest BCUT2D eigenvalue weighted by molar-refractivity contribution is 0.0235. The summed E-state index contributed by atoms with van der Waals surface area (Å²) in [6.07, 6.45) is 1.02. The number of benzene rings is 2. The standard InChI is InChI=1S/C17H21NO2/c1-2-11-19-17-10-6-9-16(12-17)13-18-20-14-15-7-4-3-5-8-15/h3-10,12,18H,2,11,13-14H2,1H3. The molecule has 0 saturated carbocycles. The van der Waals surface area contributed by atoms with Crippen molar-refractivity contribution in [2.45, 2.75) is 26.5 Å². The summed E-state index contributed by atoms with van der Waals surface area (Å²) in [7, 11) is 0. The molecule has 0 aliphatic rings. The largest absolute Gasteiger partial charge is 0.494 e. The summed E-state index contributed by atoms with van der Waals surface area (Å²) < 4.78 is 5.60. The molecule has 0 saturated heterocycles. The van der Waals surface area contributed by atoms with Crippen LogP contribution >= 0.6 is 0 Å². The third-order valence-electron chi connectivity index (χ3n) is 2.83. The van der Waals surface area contributed by atoms with Gasteiger partial charge in [-0.05, 0) is 29.7 Å². The quantitative estimate of drug-likeness (QED) is 0.586. The number of ether oxygens (including phenoxy) is 1. The highest BCUT2D eigenvalue weighted by atomic mass is 16.6. The minimum atomic E-state index is 0.562. The average molecular weight is 271 g/mol. The van der Waals surface area contributed by atoms with Crippen molar-refractivity contribution < 1.29 is 9.57 Å². The number of hydrogen-bond acceptors (Lipinski definition) is 3. The van der Waals surface area contributed by atoms with Crippen molar-refractivity contribution in [2.24, 2.45) is 0 Å². The smallest absolute Gasteiger partial charge is 0.119 e. The average Bonchev–Trinajstić information content (AvgIpc) is 2.51. The minimum absolute atomic E-state index is 0.562. The van der Waals surface area contributed by atoms with E-state index < -0.39 is 0 Å². The third-order valence-corrected chi connectivity index (χ3v) is 2.83. The van der Waals surface area contributed by atoms with E-state index in [0.29, 0.717) is 13.2 Å². The predicted octanol–water partition coefficient (Wildman–Crippen LogP) is 3.70. The molecule has 0 heterocycles. The maximum Gasteiger partial charge on any atom is 0.119 e. The first kappa shape index (κ1) is 14.6. The molecule has 3 nitrogen and oxygen atoms in total. The Bertz CT molecular complexity index is 499. The number of hydroxylamine groups is 1. The van der Waals surface area contributed by atoms with Crippen molar-refractivity contribution in [1.29, 1.82) is 0 Å². The van der Waals surface area contributed by atoms with Gasteiger partial charge in [-0.2, -0.15) is 5.48 Å². The topological polar surface area (TPSA) is 30.5 Å². The first-order valence-corrected chi connectivity index (χ1v) is 6.99. The van der Waals surface area contributed by atoms with Gasteiger partial charge in [-0.1, -0.05) is 49.4 Å². The number of hydrogen-bond donors (Lipinski definition) is 1. The van der Waals surface area contributed by atoms with Crippen LogP contribution in [-0.4, -0.2) is 6.61 Å². The number of nitrogens with one attached hydrogen (secondary N) is 1. The summed E-state index contributed by atoms with van der Waals surface area (Å²) in [6, 6.07) is 18.2. The Morgan fingerprint density at radius 2 is 1.75 bits per heavy atom. The first-order valence-electron chi connectivity index (χ1n) is 6.99. The van der Waals surface area contributed by atoms with Crippen molar-refractivity contribution in [3.63, 3.8) is 0 Å². The molecule has 0 aromatic heterocycles. The molecule has 0 spiro atoms. The summed E-state index contributed by atoms with van der Waals surface area (Å²) in [5.74, 6) is 0.911. The summed E-state index contributed by atoms with van der Waals surface area (Å²) >= 11 is 0. The van der Waals surface area contributed by atoms with Gasteiger partial charge < -0.3 is 4.74 Å². The van der Waals surface area contributed by atoms with Crippen molar-refractivity contribution >= 4 is 0 Å². The van der Waals surface area contributed by atoms with Crippen LogP contribution in [0.3, 0.4) is 0 Å². The summed E-state index contributed by atoms with van der Waals surface area (Å²) in [5.41, 5.74) is 5.28. The molecule has 2 aromatic carbocycles. The molecular weight excluding hydrogens is 250 g/mol. The van der Waals surface area contributed by atoms with Gasteiger partial charge in [0, 0.05) is 6.54 Å². The molecule has 0 atom stereocenters. The molecule has 1 N–H and O–H groups in total. The lowest BCUT2D eigenvalue weighted by atomic mass is 10.2. The van der Waals surface area contributed by atoms with Crippen LogP contribution in [-0.2, 0) is 18.0 Å². The Hall–Kier alpha value is -1.84. The van der Waals surface area contributed by atoms with Gasteiger partial charge >= 0.3 is 0 Å². The van der Waals surface area contributed by atoms with Crippen LogP contribution in [0.15, 0.2) is 54.6 Å². The van der Waals surface area contributed by atoms with E-state index >= 15 is 0 Å². The molecule has 0 aliphatic carbocycles. The molecule has 106 valence electrons. The summed E-state index contributed by atoms with van der Waals surface area (Å²) in [6.45, 7) is 4.08. The van der Waals surface area contributed by atoms with Crippen molar-refractivity contribution in [1.82, 2.24) is 5.48 Å². The van der Waals surface area contributed by atoms with E-state index in [9.17, 15) is 0 Å². The van der Waals surface area contributed by atoms with E-state index in [1.165, 1.54) is 0 Å². The van der Waals surface area contributed by atoms with Crippen LogP contribution in [0.4, 0.5) is 0 Å². The first-order chi connectivity index (χ1) is 9.88. The van der Waals surface area contributed by atoms with E-state index in [1.807, 2.05) is 48.5 Å². The fourth-order valence-electron chi connectivity index (χ4n) is 1.81. The van der Waals surface area contributed by atoms with Gasteiger partial charge in [0.2, 0.25) is 0 Å². The van der Waals surface area contributed by atoms with E-state index in [4.69, 9.17) is 9.57 Å². The molecule has 0 amide bonds. The Morgan fingerprint density at radius 3 is 2.55 bits per heavy atom. The highest BCUT2D eigenvalue weighted by Gasteiger charge is 1.97. The molecular formula is C17H21NO2. The molecule has 0 bridgehead atoms. The van der Waals surface area contributed by atoms with Gasteiger partial charge in [-0.15, -0.1) is 0 Å². The second-order valence-electron chi connectivity index (χ2n) is 4.59. The molecule has 0 unspecified atom stereocenters. The Labute approximate surface area is 120 Å². The summed E-state index contributed by atoms with van der Waals surface area (Å²) in [4.78, 5) is 5.45. The van der Waals surface area contributed by atoms with E-state index in [0.717, 1.165) is 29.9 Å². The minimum Gasteiger partial charge on any atom is -0.494 e. The van der Waals surface area contributed by atoms with Crippen LogP contribution in [0.1, 0.15) is 24.5 Å². The second-order valence-corrected chi connectivity index (χ2v) is 4.59. The third kappa shape index (κ3) is 5.03. The van der Waals surface area contributed by atoms with Gasteiger partial charge in [0.25, 0.3) is 0 Å². The molecule has 20 heavy (non-hydrogen) atoms. The zero-order chi connectivity index (χ0) is 14.0. The van der Waals surface area contributed by atoms with Crippen LogP contribution in [0.2, 0.25) is 0 Å². The van der Waals surface area contributed by atoms with Gasteiger partial charge in [-0.25, -0.2) is 0 Å². The zero-order valence-corrected chi connectivity index (χ0v) is 11.8. The summed E-state index contributed by atoms with van der Waals surface area (Å²) in [5, 5.41) is 0. The predicted molar refractivity (Wildman–Crippen MR) is 80.3 cm³/mol. The highest BCUT2D eigenvalue weighted by molar-refractivity contribution is 5.28. The fraction of sp³-hybridized carbons (Fsp3) is 0.294. The SMILES string of the molecule is CCCOc1cccc(CNOCc2ccccc2)c1. The highest BCUT2D eigenvalue weighted by Crippen LogP contribution is 2.13. The van der Waals surface area contributed by atoms with E-state index in [-0.39, 0.29) is 0 Å². The van der Waals surface area contributed by atoms with Crippen LogP contribution in [0, 0.1) is 0 Å². The second kappa shape index (κ2) is 8.35. The van der Waals surface area contributed by atoms with Crippen molar-refractivity contribution in [3.05, 3.63) is 65.7 Å². The molecule has 0 radical (unpaired) electrons. The van der Waals surface area contributed by atoms with E-state index in [2.05, 4.69) is 18.5 Å². The maximum absolute atomic E-state index is 5.60. The Morgan fingerprint density at radius 1 is 0.950 bits per heavy atom. The Kier molecular flexibility index (Phi) is 6.08. The zero-order valence-electron chi connectivity index (χ0n) is 11.8. The normalized spacial score (nSPS) is 10.4. The Balaban J connectivity index is 1.73. The van der Waals surface area contributed by atoms with Gasteiger partial charge in [0.05, 0.1) is 13.2 Å². The van der Waals surface area contributed by atoms with Crippen molar-refractivity contribution in [3.8, 4) is 5.75 Å². The lowest BCUT2D eigenvalue weighted by Crippen LogP contribution is -2.13. The van der Waals surface area contributed by atoms with Gasteiger partial charge in [-0.3, -0.25) is 4.84 Å². The monoisotopic (exact) mass is 271 g/mol. The van der Waals surface area contributed by atoms with Crippen LogP contribution < -0.4 is 10.2 Å². The molecule has 0 aliphatic heterocycles. The molecule has 3 heteroatoms. The van der Waals surface area contributed by atoms with Gasteiger partial charge in [0.15, 0.2) is 0 Å². The van der Waals surface area contributed by atoms with Crippen molar-refractivity contribution in [2.75, 3.05) is 6.61 Å². The van der Waals surface area contributed by atoms with E-state index in [1.54, 1.807) is 0 Å². The number of rotatable bonds is 8. The van der Waals surface area contributed by atoms with Crippen LogP contribution in [0.25, 0.3) is 0 Å². The van der Waals surface area contributed by atoms with Gasteiger partial charge in [0.1, 0.15) is 5.75 Å². The fourth-order valence-corrected chi connectivity index (χ4v) is 1.81.